The Hall–Kier alpha value is -2.82. The predicted octanol–water partition coefficient (Wildman–Crippen LogP) is 2.76. The standard InChI is InChI=1S/C17H16FNO3/c1-21-15-8-5-12(9-16(15)22-2)14(10-17(19)20)11-3-6-13(18)7-4-11/h3-10H,1-2H3,(H2,19,20). The molecule has 0 unspecified atom stereocenters. The molecule has 2 aromatic rings. The van der Waals surface area contributed by atoms with Crippen LogP contribution >= 0.6 is 0 Å². The molecule has 22 heavy (non-hydrogen) atoms. The van der Waals surface area contributed by atoms with Gasteiger partial charge in [-0.25, -0.2) is 4.39 Å². The van der Waals surface area contributed by atoms with E-state index in [0.717, 1.165) is 0 Å². The fourth-order valence-electron chi connectivity index (χ4n) is 2.11. The summed E-state index contributed by atoms with van der Waals surface area (Å²) >= 11 is 0. The lowest BCUT2D eigenvalue weighted by Crippen LogP contribution is -2.07. The zero-order valence-electron chi connectivity index (χ0n) is 12.3. The number of methoxy groups -OCH3 is 2. The summed E-state index contributed by atoms with van der Waals surface area (Å²) in [5.74, 6) is 0.157. The summed E-state index contributed by atoms with van der Waals surface area (Å²) in [6.45, 7) is 0. The maximum absolute atomic E-state index is 13.1. The summed E-state index contributed by atoms with van der Waals surface area (Å²) in [6, 6.07) is 11.1. The molecule has 0 bridgehead atoms. The minimum Gasteiger partial charge on any atom is -0.493 e. The van der Waals surface area contributed by atoms with Crippen LogP contribution < -0.4 is 15.2 Å². The molecule has 2 aromatic carbocycles. The smallest absolute Gasteiger partial charge is 0.242 e. The number of benzene rings is 2. The van der Waals surface area contributed by atoms with Gasteiger partial charge in [0.15, 0.2) is 11.5 Å². The fourth-order valence-corrected chi connectivity index (χ4v) is 2.11. The highest BCUT2D eigenvalue weighted by Gasteiger charge is 2.11. The van der Waals surface area contributed by atoms with Crippen molar-refractivity contribution in [2.24, 2.45) is 5.73 Å². The molecule has 1 amide bonds. The average molecular weight is 301 g/mol. The molecule has 2 N–H and O–H groups in total. The highest BCUT2D eigenvalue weighted by molar-refractivity contribution is 5.98. The first kappa shape index (κ1) is 15.6. The number of ether oxygens (including phenoxy) is 2. The molecule has 0 aromatic heterocycles. The summed E-state index contributed by atoms with van der Waals surface area (Å²) in [7, 11) is 3.06. The maximum Gasteiger partial charge on any atom is 0.242 e. The van der Waals surface area contributed by atoms with E-state index in [4.69, 9.17) is 15.2 Å². The highest BCUT2D eigenvalue weighted by atomic mass is 19.1. The Kier molecular flexibility index (Phi) is 4.78. The van der Waals surface area contributed by atoms with Crippen LogP contribution in [0.15, 0.2) is 48.5 Å². The minimum atomic E-state index is -0.589. The lowest BCUT2D eigenvalue weighted by atomic mass is 9.97. The molecular formula is C17H16FNO3. The van der Waals surface area contributed by atoms with Gasteiger partial charge in [-0.1, -0.05) is 18.2 Å². The number of nitrogens with two attached hydrogens (primary N) is 1. The zero-order chi connectivity index (χ0) is 16.1. The third kappa shape index (κ3) is 3.44. The molecule has 0 aliphatic rings. The quantitative estimate of drug-likeness (QED) is 0.864. The number of carbonyl (C=O) groups is 1. The summed E-state index contributed by atoms with van der Waals surface area (Å²) in [5.41, 5.74) is 7.24. The molecular weight excluding hydrogens is 285 g/mol. The van der Waals surface area contributed by atoms with Crippen molar-refractivity contribution in [1.29, 1.82) is 0 Å². The first-order valence-electron chi connectivity index (χ1n) is 6.54. The van der Waals surface area contributed by atoms with Crippen LogP contribution in [0, 0.1) is 5.82 Å². The Morgan fingerprint density at radius 2 is 1.59 bits per heavy atom. The molecule has 0 radical (unpaired) electrons. The van der Waals surface area contributed by atoms with E-state index < -0.39 is 5.91 Å². The topological polar surface area (TPSA) is 61.5 Å². The molecule has 0 spiro atoms. The third-order valence-electron chi connectivity index (χ3n) is 3.14. The van der Waals surface area contributed by atoms with Crippen molar-refractivity contribution < 1.29 is 18.7 Å². The molecule has 0 aliphatic heterocycles. The first-order chi connectivity index (χ1) is 10.5. The molecule has 0 fully saturated rings. The van der Waals surface area contributed by atoms with E-state index in [2.05, 4.69) is 0 Å². The summed E-state index contributed by atoms with van der Waals surface area (Å²) < 4.78 is 23.5. The van der Waals surface area contributed by atoms with E-state index in [1.54, 1.807) is 30.3 Å². The van der Waals surface area contributed by atoms with E-state index in [9.17, 15) is 9.18 Å². The van der Waals surface area contributed by atoms with Crippen LogP contribution in [0.2, 0.25) is 0 Å². The monoisotopic (exact) mass is 301 g/mol. The van der Waals surface area contributed by atoms with Crippen molar-refractivity contribution in [3.63, 3.8) is 0 Å². The van der Waals surface area contributed by atoms with E-state index in [1.807, 2.05) is 0 Å². The Labute approximate surface area is 128 Å². The molecule has 0 atom stereocenters. The van der Waals surface area contributed by atoms with Crippen LogP contribution in [0.1, 0.15) is 11.1 Å². The number of hydrogen-bond acceptors (Lipinski definition) is 3. The zero-order valence-corrected chi connectivity index (χ0v) is 12.3. The van der Waals surface area contributed by atoms with Crippen LogP contribution in [0.5, 0.6) is 11.5 Å². The van der Waals surface area contributed by atoms with Crippen LogP contribution in [0.4, 0.5) is 4.39 Å². The average Bonchev–Trinajstić information content (AvgIpc) is 2.52. The number of amides is 1. The molecule has 5 heteroatoms. The normalized spacial score (nSPS) is 11.1. The minimum absolute atomic E-state index is 0.352. The van der Waals surface area contributed by atoms with Crippen LogP contribution in [0.25, 0.3) is 5.57 Å². The van der Waals surface area contributed by atoms with E-state index in [1.165, 1.54) is 32.4 Å². The van der Waals surface area contributed by atoms with E-state index in [-0.39, 0.29) is 5.82 Å². The molecule has 0 heterocycles. The second-order valence-corrected chi connectivity index (χ2v) is 4.54. The first-order valence-corrected chi connectivity index (χ1v) is 6.54. The van der Waals surface area contributed by atoms with Crippen molar-refractivity contribution in [3.05, 3.63) is 65.5 Å². The number of primary amides is 1. The number of halogens is 1. The van der Waals surface area contributed by atoms with Gasteiger partial charge in [0.2, 0.25) is 5.91 Å². The van der Waals surface area contributed by atoms with Crippen LogP contribution in [-0.2, 0) is 4.79 Å². The molecule has 4 nitrogen and oxygen atoms in total. The SMILES string of the molecule is COc1ccc(C(=CC(N)=O)c2ccc(F)cc2)cc1OC. The Morgan fingerprint density at radius 3 is 2.14 bits per heavy atom. The lowest BCUT2D eigenvalue weighted by molar-refractivity contribution is -0.113. The van der Waals surface area contributed by atoms with Gasteiger partial charge in [-0.15, -0.1) is 0 Å². The summed E-state index contributed by atoms with van der Waals surface area (Å²) in [6.07, 6.45) is 1.30. The van der Waals surface area contributed by atoms with E-state index in [0.29, 0.717) is 28.2 Å². The van der Waals surface area contributed by atoms with Gasteiger partial charge in [0, 0.05) is 6.08 Å². The lowest BCUT2D eigenvalue weighted by Gasteiger charge is -2.12. The Morgan fingerprint density at radius 1 is 1.00 bits per heavy atom. The Balaban J connectivity index is 2.55. The molecule has 0 saturated heterocycles. The van der Waals surface area contributed by atoms with Gasteiger partial charge in [-0.2, -0.15) is 0 Å². The van der Waals surface area contributed by atoms with Gasteiger partial charge < -0.3 is 15.2 Å². The number of carbonyl (C=O) groups excluding carboxylic acids is 1. The van der Waals surface area contributed by atoms with Crippen molar-refractivity contribution in [2.45, 2.75) is 0 Å². The summed E-state index contributed by atoms with van der Waals surface area (Å²) in [4.78, 5) is 11.3. The molecule has 2 rings (SSSR count). The molecule has 114 valence electrons. The van der Waals surface area contributed by atoms with Gasteiger partial charge >= 0.3 is 0 Å². The van der Waals surface area contributed by atoms with Crippen molar-refractivity contribution in [1.82, 2.24) is 0 Å². The maximum atomic E-state index is 13.1. The van der Waals surface area contributed by atoms with Gasteiger partial charge in [0.1, 0.15) is 5.82 Å². The predicted molar refractivity (Wildman–Crippen MR) is 82.2 cm³/mol. The van der Waals surface area contributed by atoms with Crippen molar-refractivity contribution >= 4 is 11.5 Å². The summed E-state index contributed by atoms with van der Waals surface area (Å²) in [5, 5.41) is 0. The van der Waals surface area contributed by atoms with Gasteiger partial charge in [-0.05, 0) is 41.0 Å². The number of hydrogen-bond donors (Lipinski definition) is 1. The van der Waals surface area contributed by atoms with Gasteiger partial charge in [0.25, 0.3) is 0 Å². The third-order valence-corrected chi connectivity index (χ3v) is 3.14. The van der Waals surface area contributed by atoms with E-state index >= 15 is 0 Å². The van der Waals surface area contributed by atoms with Crippen LogP contribution in [0.3, 0.4) is 0 Å². The van der Waals surface area contributed by atoms with Crippen LogP contribution in [-0.4, -0.2) is 20.1 Å². The highest BCUT2D eigenvalue weighted by Crippen LogP contribution is 2.32. The van der Waals surface area contributed by atoms with Gasteiger partial charge in [0.05, 0.1) is 14.2 Å². The largest absolute Gasteiger partial charge is 0.493 e. The number of rotatable bonds is 5. The second-order valence-electron chi connectivity index (χ2n) is 4.54. The fraction of sp³-hybridized carbons (Fsp3) is 0.118. The van der Waals surface area contributed by atoms with Crippen molar-refractivity contribution in [2.75, 3.05) is 14.2 Å². The molecule has 0 aliphatic carbocycles. The molecule has 0 saturated carbocycles. The second kappa shape index (κ2) is 6.76. The van der Waals surface area contributed by atoms with Crippen molar-refractivity contribution in [3.8, 4) is 11.5 Å². The Bertz CT molecular complexity index is 708. The van der Waals surface area contributed by atoms with Gasteiger partial charge in [-0.3, -0.25) is 4.79 Å².